The number of amides is 2. The summed E-state index contributed by atoms with van der Waals surface area (Å²) >= 11 is 3.46. The Morgan fingerprint density at radius 2 is 1.88 bits per heavy atom. The third-order valence-corrected chi connectivity index (χ3v) is 4.54. The smallest absolute Gasteiger partial charge is 0.261 e. The Kier molecular flexibility index (Phi) is 5.38. The molecular weight excluding hydrogens is 384 g/mol. The molecule has 0 unspecified atom stereocenters. The molecule has 0 spiro atoms. The van der Waals surface area contributed by atoms with E-state index in [4.69, 9.17) is 10.5 Å². The Balaban J connectivity index is 1.60. The molecule has 0 saturated heterocycles. The van der Waals surface area contributed by atoms with Gasteiger partial charge in [-0.15, -0.1) is 0 Å². The first-order valence-electron chi connectivity index (χ1n) is 8.09. The van der Waals surface area contributed by atoms with E-state index in [1.165, 1.54) is 0 Å². The molecule has 130 valence electrons. The van der Waals surface area contributed by atoms with Crippen LogP contribution in [0.2, 0.25) is 0 Å². The zero-order valence-corrected chi connectivity index (χ0v) is 15.2. The minimum absolute atomic E-state index is 0.0274. The van der Waals surface area contributed by atoms with E-state index in [-0.39, 0.29) is 12.5 Å². The molecule has 2 aromatic rings. The Labute approximate surface area is 154 Å². The van der Waals surface area contributed by atoms with Crippen molar-refractivity contribution < 1.29 is 14.3 Å². The molecule has 0 aliphatic heterocycles. The molecule has 6 heteroatoms. The molecule has 1 aliphatic rings. The highest BCUT2D eigenvalue weighted by molar-refractivity contribution is 9.10. The summed E-state index contributed by atoms with van der Waals surface area (Å²) in [4.78, 5) is 25.5. The lowest BCUT2D eigenvalue weighted by atomic mass is 10.2. The third kappa shape index (κ3) is 4.82. The van der Waals surface area contributed by atoms with Gasteiger partial charge >= 0.3 is 0 Å². The summed E-state index contributed by atoms with van der Waals surface area (Å²) in [6, 6.07) is 14.7. The van der Waals surface area contributed by atoms with Gasteiger partial charge in [-0.2, -0.15) is 0 Å². The number of nitrogens with two attached hydrogens (primary N) is 1. The summed E-state index contributed by atoms with van der Waals surface area (Å²) in [6.45, 7) is 0.549. The van der Waals surface area contributed by atoms with Crippen LogP contribution in [0.1, 0.15) is 28.8 Å². The molecule has 0 bridgehead atoms. The largest absolute Gasteiger partial charge is 0.484 e. The Hall–Kier alpha value is -2.34. The lowest BCUT2D eigenvalue weighted by molar-refractivity contribution is -0.134. The van der Waals surface area contributed by atoms with Crippen molar-refractivity contribution in [2.24, 2.45) is 5.73 Å². The van der Waals surface area contributed by atoms with Crippen LogP contribution < -0.4 is 10.5 Å². The van der Waals surface area contributed by atoms with Gasteiger partial charge in [-0.05, 0) is 54.8 Å². The highest BCUT2D eigenvalue weighted by Crippen LogP contribution is 2.29. The van der Waals surface area contributed by atoms with Crippen LogP contribution >= 0.6 is 15.9 Å². The average Bonchev–Trinajstić information content (AvgIpc) is 3.43. The van der Waals surface area contributed by atoms with Gasteiger partial charge in [-0.25, -0.2) is 0 Å². The van der Waals surface area contributed by atoms with E-state index in [2.05, 4.69) is 15.9 Å². The Bertz CT molecular complexity index is 772. The van der Waals surface area contributed by atoms with E-state index < -0.39 is 5.91 Å². The van der Waals surface area contributed by atoms with Crippen molar-refractivity contribution in [3.05, 3.63) is 64.1 Å². The minimum atomic E-state index is -0.489. The van der Waals surface area contributed by atoms with Crippen LogP contribution in [0.5, 0.6) is 5.75 Å². The first-order valence-corrected chi connectivity index (χ1v) is 8.89. The molecule has 1 fully saturated rings. The summed E-state index contributed by atoms with van der Waals surface area (Å²) in [6.07, 6.45) is 2.07. The maximum atomic E-state index is 12.6. The second-order valence-corrected chi connectivity index (χ2v) is 6.98. The molecule has 0 heterocycles. The van der Waals surface area contributed by atoms with Crippen LogP contribution in [0.15, 0.2) is 53.0 Å². The Morgan fingerprint density at radius 1 is 1.16 bits per heavy atom. The molecule has 1 aliphatic carbocycles. The molecule has 25 heavy (non-hydrogen) atoms. The fourth-order valence-corrected chi connectivity index (χ4v) is 3.03. The van der Waals surface area contributed by atoms with Gasteiger partial charge in [0.1, 0.15) is 5.75 Å². The van der Waals surface area contributed by atoms with Crippen LogP contribution in [-0.2, 0) is 11.3 Å². The second-order valence-electron chi connectivity index (χ2n) is 6.06. The predicted octanol–water partition coefficient (Wildman–Crippen LogP) is 3.12. The van der Waals surface area contributed by atoms with Gasteiger partial charge in [0, 0.05) is 22.6 Å². The molecule has 5 nitrogen and oxygen atoms in total. The second kappa shape index (κ2) is 7.70. The van der Waals surface area contributed by atoms with Crippen molar-refractivity contribution >= 4 is 27.7 Å². The zero-order valence-electron chi connectivity index (χ0n) is 13.7. The van der Waals surface area contributed by atoms with Gasteiger partial charge in [0.15, 0.2) is 6.61 Å². The topological polar surface area (TPSA) is 72.6 Å². The van der Waals surface area contributed by atoms with Crippen LogP contribution in [0.4, 0.5) is 0 Å². The summed E-state index contributed by atoms with van der Waals surface area (Å²) in [7, 11) is 0. The fourth-order valence-electron chi connectivity index (χ4n) is 2.58. The number of hydrogen-bond acceptors (Lipinski definition) is 3. The standard InChI is InChI=1S/C19H19BrN2O3/c20-15-3-1-2-13(10-15)11-22(16-6-7-16)18(23)12-25-17-8-4-14(5-9-17)19(21)24/h1-5,8-10,16H,6-7,11-12H2,(H2,21,24). The first kappa shape index (κ1) is 17.5. The van der Waals surface area contributed by atoms with Gasteiger partial charge in [0.25, 0.3) is 5.91 Å². The van der Waals surface area contributed by atoms with E-state index >= 15 is 0 Å². The number of halogens is 1. The van der Waals surface area contributed by atoms with E-state index in [9.17, 15) is 9.59 Å². The van der Waals surface area contributed by atoms with Crippen molar-refractivity contribution in [3.63, 3.8) is 0 Å². The quantitative estimate of drug-likeness (QED) is 0.772. The summed E-state index contributed by atoms with van der Waals surface area (Å²) in [5.41, 5.74) is 6.70. The summed E-state index contributed by atoms with van der Waals surface area (Å²) in [5, 5.41) is 0. The lowest BCUT2D eigenvalue weighted by Crippen LogP contribution is -2.36. The average molecular weight is 403 g/mol. The van der Waals surface area contributed by atoms with Crippen LogP contribution in [0, 0.1) is 0 Å². The van der Waals surface area contributed by atoms with Crippen LogP contribution in [0.25, 0.3) is 0 Å². The number of ether oxygens (including phenoxy) is 1. The maximum absolute atomic E-state index is 12.6. The summed E-state index contributed by atoms with van der Waals surface area (Å²) in [5.74, 6) is 0.00885. The van der Waals surface area contributed by atoms with Crippen molar-refractivity contribution in [2.45, 2.75) is 25.4 Å². The molecule has 1 saturated carbocycles. The van der Waals surface area contributed by atoms with Gasteiger partial charge in [0.2, 0.25) is 5.91 Å². The van der Waals surface area contributed by atoms with E-state index in [0.717, 1.165) is 22.9 Å². The molecule has 0 aromatic heterocycles. The number of hydrogen-bond donors (Lipinski definition) is 1. The number of nitrogens with zero attached hydrogens (tertiary/aromatic N) is 1. The van der Waals surface area contributed by atoms with Gasteiger partial charge in [-0.3, -0.25) is 9.59 Å². The number of primary amides is 1. The van der Waals surface area contributed by atoms with E-state index in [0.29, 0.717) is 23.9 Å². The van der Waals surface area contributed by atoms with Gasteiger partial charge in [-0.1, -0.05) is 28.1 Å². The third-order valence-electron chi connectivity index (χ3n) is 4.05. The molecule has 3 rings (SSSR count). The van der Waals surface area contributed by atoms with E-state index in [1.807, 2.05) is 29.2 Å². The first-order chi connectivity index (χ1) is 12.0. The number of carbonyl (C=O) groups excluding carboxylic acids is 2. The Morgan fingerprint density at radius 3 is 2.48 bits per heavy atom. The normalized spacial score (nSPS) is 13.3. The SMILES string of the molecule is NC(=O)c1ccc(OCC(=O)N(Cc2cccc(Br)c2)C2CC2)cc1. The monoisotopic (exact) mass is 402 g/mol. The van der Waals surface area contributed by atoms with Crippen LogP contribution in [0.3, 0.4) is 0 Å². The maximum Gasteiger partial charge on any atom is 0.261 e. The molecule has 2 N–H and O–H groups in total. The van der Waals surface area contributed by atoms with Crippen molar-refractivity contribution in [1.82, 2.24) is 4.90 Å². The molecular formula is C19H19BrN2O3. The zero-order chi connectivity index (χ0) is 17.8. The minimum Gasteiger partial charge on any atom is -0.484 e. The predicted molar refractivity (Wildman–Crippen MR) is 98.2 cm³/mol. The highest BCUT2D eigenvalue weighted by Gasteiger charge is 2.32. The molecule has 2 aromatic carbocycles. The van der Waals surface area contributed by atoms with E-state index in [1.54, 1.807) is 24.3 Å². The van der Waals surface area contributed by atoms with Gasteiger partial charge < -0.3 is 15.4 Å². The summed E-state index contributed by atoms with van der Waals surface area (Å²) < 4.78 is 6.57. The number of carbonyl (C=O) groups is 2. The number of benzene rings is 2. The number of rotatable bonds is 7. The molecule has 2 amide bonds. The lowest BCUT2D eigenvalue weighted by Gasteiger charge is -2.23. The van der Waals surface area contributed by atoms with Crippen molar-refractivity contribution in [2.75, 3.05) is 6.61 Å². The van der Waals surface area contributed by atoms with Crippen LogP contribution in [-0.4, -0.2) is 29.4 Å². The van der Waals surface area contributed by atoms with Gasteiger partial charge in [0.05, 0.1) is 0 Å². The highest BCUT2D eigenvalue weighted by atomic mass is 79.9. The fraction of sp³-hybridized carbons (Fsp3) is 0.263. The molecule has 0 radical (unpaired) electrons. The molecule has 0 atom stereocenters. The van der Waals surface area contributed by atoms with Crippen molar-refractivity contribution in [3.8, 4) is 5.75 Å². The van der Waals surface area contributed by atoms with Crippen molar-refractivity contribution in [1.29, 1.82) is 0 Å².